The fourth-order valence-electron chi connectivity index (χ4n) is 0.994. The largest absolute Gasteiger partial charge is 0.394 e. The fourth-order valence-corrected chi connectivity index (χ4v) is 0.994. The van der Waals surface area contributed by atoms with E-state index in [1.54, 1.807) is 0 Å². The lowest BCUT2D eigenvalue weighted by Crippen LogP contribution is -2.55. The van der Waals surface area contributed by atoms with Crippen molar-refractivity contribution in [1.82, 2.24) is 5.32 Å². The summed E-state index contributed by atoms with van der Waals surface area (Å²) in [7, 11) is 0. The van der Waals surface area contributed by atoms with Gasteiger partial charge in [0.2, 0.25) is 5.91 Å². The van der Waals surface area contributed by atoms with Gasteiger partial charge in [-0.1, -0.05) is 6.08 Å². The standard InChI is InChI=1S/C9H18N2O5/c1-2-3-11-9(16)6(10)8(15)7(14)5(13)4-12/h2,5-8,12-15H,1,3-4,10H2,(H,11,16)/t5-,6-,7-,8-/m1/s1. The Morgan fingerprint density at radius 3 is 2.38 bits per heavy atom. The SMILES string of the molecule is C=CCNC(=O)[C@H](N)[C@@H](O)[C@H](O)[C@H](O)CO. The van der Waals surface area contributed by atoms with Gasteiger partial charge in [-0.05, 0) is 0 Å². The lowest BCUT2D eigenvalue weighted by Gasteiger charge is -2.25. The van der Waals surface area contributed by atoms with E-state index in [0.717, 1.165) is 0 Å². The van der Waals surface area contributed by atoms with Crippen LogP contribution in [0.5, 0.6) is 0 Å². The van der Waals surface area contributed by atoms with Crippen molar-refractivity contribution in [2.75, 3.05) is 13.2 Å². The first-order valence-corrected chi connectivity index (χ1v) is 4.75. The summed E-state index contributed by atoms with van der Waals surface area (Å²) in [6.07, 6.45) is -3.47. The van der Waals surface area contributed by atoms with Crippen LogP contribution in [0.15, 0.2) is 12.7 Å². The normalized spacial score (nSPS) is 18.3. The highest BCUT2D eigenvalue weighted by Crippen LogP contribution is 2.03. The minimum absolute atomic E-state index is 0.178. The zero-order chi connectivity index (χ0) is 12.7. The van der Waals surface area contributed by atoms with E-state index in [1.807, 2.05) is 0 Å². The van der Waals surface area contributed by atoms with Gasteiger partial charge in [0.1, 0.15) is 24.4 Å². The van der Waals surface area contributed by atoms with E-state index in [-0.39, 0.29) is 6.54 Å². The minimum Gasteiger partial charge on any atom is -0.394 e. The van der Waals surface area contributed by atoms with Crippen molar-refractivity contribution >= 4 is 5.91 Å². The Hall–Kier alpha value is -0.990. The molecular weight excluding hydrogens is 216 g/mol. The van der Waals surface area contributed by atoms with Crippen molar-refractivity contribution in [3.63, 3.8) is 0 Å². The highest BCUT2D eigenvalue weighted by Gasteiger charge is 2.32. The van der Waals surface area contributed by atoms with Crippen LogP contribution in [-0.4, -0.2) is 63.8 Å². The van der Waals surface area contributed by atoms with Crippen LogP contribution in [-0.2, 0) is 4.79 Å². The second-order valence-corrected chi connectivity index (χ2v) is 3.29. The van der Waals surface area contributed by atoms with Crippen LogP contribution in [0.4, 0.5) is 0 Å². The average Bonchev–Trinajstić information content (AvgIpc) is 2.31. The number of nitrogens with two attached hydrogens (primary N) is 1. The summed E-state index contributed by atoms with van der Waals surface area (Å²) in [4.78, 5) is 11.3. The van der Waals surface area contributed by atoms with E-state index in [1.165, 1.54) is 6.08 Å². The molecule has 0 aromatic rings. The molecule has 7 N–H and O–H groups in total. The number of carbonyl (C=O) groups is 1. The minimum atomic E-state index is -1.69. The number of hydrogen-bond donors (Lipinski definition) is 6. The van der Waals surface area contributed by atoms with E-state index in [0.29, 0.717) is 0 Å². The molecule has 7 nitrogen and oxygen atoms in total. The van der Waals surface area contributed by atoms with Gasteiger partial charge in [0.15, 0.2) is 0 Å². The van der Waals surface area contributed by atoms with Gasteiger partial charge >= 0.3 is 0 Å². The van der Waals surface area contributed by atoms with Gasteiger partial charge in [-0.2, -0.15) is 0 Å². The highest BCUT2D eigenvalue weighted by atomic mass is 16.4. The fraction of sp³-hybridized carbons (Fsp3) is 0.667. The summed E-state index contributed by atoms with van der Waals surface area (Å²) in [6, 6.07) is -1.39. The van der Waals surface area contributed by atoms with Crippen LogP contribution in [0.1, 0.15) is 0 Å². The molecule has 0 aliphatic heterocycles. The van der Waals surface area contributed by atoms with Crippen molar-refractivity contribution in [2.45, 2.75) is 24.4 Å². The molecule has 0 radical (unpaired) electrons. The van der Waals surface area contributed by atoms with E-state index in [4.69, 9.17) is 15.9 Å². The molecule has 0 saturated carbocycles. The molecule has 0 bridgehead atoms. The molecule has 0 spiro atoms. The maximum absolute atomic E-state index is 11.3. The first kappa shape index (κ1) is 15.0. The molecule has 0 aliphatic carbocycles. The molecular formula is C9H18N2O5. The maximum atomic E-state index is 11.3. The van der Waals surface area contributed by atoms with Crippen LogP contribution >= 0.6 is 0 Å². The van der Waals surface area contributed by atoms with Gasteiger partial charge < -0.3 is 31.5 Å². The summed E-state index contributed by atoms with van der Waals surface area (Å²) in [5.41, 5.74) is 5.35. The molecule has 1 amide bonds. The third kappa shape index (κ3) is 4.25. The molecule has 94 valence electrons. The molecule has 0 saturated heterocycles. The second kappa shape index (κ2) is 7.31. The van der Waals surface area contributed by atoms with E-state index >= 15 is 0 Å². The molecule has 0 aliphatic rings. The lowest BCUT2D eigenvalue weighted by molar-refractivity contribution is -0.130. The summed E-state index contributed by atoms with van der Waals surface area (Å²) < 4.78 is 0. The molecule has 16 heavy (non-hydrogen) atoms. The van der Waals surface area contributed by atoms with Crippen molar-refractivity contribution < 1.29 is 25.2 Å². The first-order valence-electron chi connectivity index (χ1n) is 4.75. The number of amides is 1. The molecule has 4 atom stereocenters. The van der Waals surface area contributed by atoms with Crippen molar-refractivity contribution in [3.05, 3.63) is 12.7 Å². The Bertz CT molecular complexity index is 236. The highest BCUT2D eigenvalue weighted by molar-refractivity contribution is 5.82. The topological polar surface area (TPSA) is 136 Å². The number of aliphatic hydroxyl groups excluding tert-OH is 4. The number of hydrogen-bond acceptors (Lipinski definition) is 6. The van der Waals surface area contributed by atoms with Crippen molar-refractivity contribution in [1.29, 1.82) is 0 Å². The summed E-state index contributed by atoms with van der Waals surface area (Å²) >= 11 is 0. The van der Waals surface area contributed by atoms with Gasteiger partial charge in [0, 0.05) is 6.54 Å². The zero-order valence-electron chi connectivity index (χ0n) is 8.78. The van der Waals surface area contributed by atoms with E-state index in [2.05, 4.69) is 11.9 Å². The zero-order valence-corrected chi connectivity index (χ0v) is 8.78. The Balaban J connectivity index is 4.30. The van der Waals surface area contributed by atoms with Crippen LogP contribution in [0.25, 0.3) is 0 Å². The number of carbonyl (C=O) groups excluding carboxylic acids is 1. The Morgan fingerprint density at radius 2 is 1.94 bits per heavy atom. The lowest BCUT2D eigenvalue weighted by atomic mass is 10.0. The van der Waals surface area contributed by atoms with Crippen molar-refractivity contribution in [2.24, 2.45) is 5.73 Å². The third-order valence-corrected chi connectivity index (χ3v) is 2.02. The molecule has 0 unspecified atom stereocenters. The van der Waals surface area contributed by atoms with Gasteiger partial charge in [0.25, 0.3) is 0 Å². The molecule has 0 fully saturated rings. The van der Waals surface area contributed by atoms with Crippen LogP contribution in [0.2, 0.25) is 0 Å². The van der Waals surface area contributed by atoms with Gasteiger partial charge in [0.05, 0.1) is 6.61 Å². The Labute approximate surface area is 93.2 Å². The average molecular weight is 234 g/mol. The van der Waals surface area contributed by atoms with Crippen LogP contribution < -0.4 is 11.1 Å². The van der Waals surface area contributed by atoms with Gasteiger partial charge in [-0.3, -0.25) is 4.79 Å². The molecule has 0 rings (SSSR count). The van der Waals surface area contributed by atoms with E-state index in [9.17, 15) is 15.0 Å². The Morgan fingerprint density at radius 1 is 1.38 bits per heavy atom. The second-order valence-electron chi connectivity index (χ2n) is 3.29. The quantitative estimate of drug-likeness (QED) is 0.255. The summed E-state index contributed by atoms with van der Waals surface area (Å²) in [5, 5.41) is 38.6. The molecule has 0 heterocycles. The van der Waals surface area contributed by atoms with Crippen molar-refractivity contribution in [3.8, 4) is 0 Å². The Kier molecular flexibility index (Phi) is 6.86. The third-order valence-electron chi connectivity index (χ3n) is 2.02. The van der Waals surface area contributed by atoms with Gasteiger partial charge in [-0.25, -0.2) is 0 Å². The summed E-state index contributed by atoms with van der Waals surface area (Å²) in [6.45, 7) is 2.81. The van der Waals surface area contributed by atoms with Crippen LogP contribution in [0, 0.1) is 0 Å². The summed E-state index contributed by atoms with van der Waals surface area (Å²) in [5.74, 6) is -0.684. The molecule has 7 heteroatoms. The molecule has 0 aromatic carbocycles. The van der Waals surface area contributed by atoms with Crippen LogP contribution in [0.3, 0.4) is 0 Å². The maximum Gasteiger partial charge on any atom is 0.239 e. The monoisotopic (exact) mass is 234 g/mol. The first-order chi connectivity index (χ1) is 7.45. The predicted octanol–water partition coefficient (Wildman–Crippen LogP) is -3.31. The number of nitrogens with one attached hydrogen (secondary N) is 1. The predicted molar refractivity (Wildman–Crippen MR) is 56.3 cm³/mol. The molecule has 0 aromatic heterocycles. The van der Waals surface area contributed by atoms with E-state index < -0.39 is 36.9 Å². The number of aliphatic hydroxyl groups is 4. The smallest absolute Gasteiger partial charge is 0.239 e. The van der Waals surface area contributed by atoms with Gasteiger partial charge in [-0.15, -0.1) is 6.58 Å². The number of rotatable bonds is 7.